The Kier molecular flexibility index (Phi) is 3.96. The van der Waals surface area contributed by atoms with Crippen molar-refractivity contribution in [3.8, 4) is 11.3 Å². The van der Waals surface area contributed by atoms with Gasteiger partial charge in [0.2, 0.25) is 0 Å². The van der Waals surface area contributed by atoms with Crippen LogP contribution in [-0.2, 0) is 0 Å². The molecule has 0 saturated heterocycles. The van der Waals surface area contributed by atoms with Crippen molar-refractivity contribution in [2.45, 2.75) is 44.2 Å². The molecule has 4 N–H and O–H groups in total. The van der Waals surface area contributed by atoms with E-state index in [9.17, 15) is 14.7 Å². The van der Waals surface area contributed by atoms with E-state index >= 15 is 0 Å². The fourth-order valence-corrected chi connectivity index (χ4v) is 4.38. The monoisotopic (exact) mass is 372 g/mol. The summed E-state index contributed by atoms with van der Waals surface area (Å²) in [4.78, 5) is 27.0. The number of nitrogens with two attached hydrogens (primary N) is 1. The van der Waals surface area contributed by atoms with E-state index in [4.69, 9.17) is 10.8 Å². The highest BCUT2D eigenvalue weighted by molar-refractivity contribution is 7.12. The molecule has 3 aromatic heterocycles. The van der Waals surface area contributed by atoms with Gasteiger partial charge in [0.05, 0.1) is 27.4 Å². The van der Waals surface area contributed by atoms with Gasteiger partial charge in [-0.1, -0.05) is 0 Å². The van der Waals surface area contributed by atoms with Crippen LogP contribution in [0.4, 0.5) is 0 Å². The first-order chi connectivity index (χ1) is 12.4. The Morgan fingerprint density at radius 2 is 2.19 bits per heavy atom. The molecule has 3 aromatic rings. The number of rotatable bonds is 3. The predicted molar refractivity (Wildman–Crippen MR) is 100 cm³/mol. The highest BCUT2D eigenvalue weighted by atomic mass is 32.1. The molecule has 1 aliphatic rings. The molecule has 1 amide bonds. The van der Waals surface area contributed by atoms with Gasteiger partial charge in [0.15, 0.2) is 0 Å². The third-order valence-corrected chi connectivity index (χ3v) is 6.07. The average molecular weight is 372 g/mol. The normalized spacial score (nSPS) is 23.4. The summed E-state index contributed by atoms with van der Waals surface area (Å²) >= 11 is 1.24. The number of pyridine rings is 1. The lowest BCUT2D eigenvalue weighted by Gasteiger charge is -2.33. The van der Waals surface area contributed by atoms with Crippen LogP contribution in [0, 0.1) is 0 Å². The summed E-state index contributed by atoms with van der Waals surface area (Å²) in [6.45, 7) is 1.86. The number of aromatic amines is 1. The summed E-state index contributed by atoms with van der Waals surface area (Å²) in [7, 11) is 0. The number of hydrogen-bond donors (Lipinski definition) is 3. The molecule has 4 rings (SSSR count). The summed E-state index contributed by atoms with van der Waals surface area (Å²) in [6, 6.07) is 3.65. The number of thiophene rings is 1. The van der Waals surface area contributed by atoms with Crippen molar-refractivity contribution in [1.82, 2.24) is 14.8 Å². The molecule has 0 spiro atoms. The first kappa shape index (κ1) is 17.0. The molecule has 0 aromatic carbocycles. The number of hydrogen-bond acceptors (Lipinski definition) is 5. The second kappa shape index (κ2) is 6.07. The number of H-pyrrole nitrogens is 1. The Balaban J connectivity index is 1.84. The van der Waals surface area contributed by atoms with Crippen molar-refractivity contribution >= 4 is 28.1 Å². The molecule has 1 aliphatic carbocycles. The zero-order chi connectivity index (χ0) is 18.5. The fraction of sp³-hybridized carbons (Fsp3) is 0.389. The molecular formula is C18H20N4O3S. The standard InChI is InChI=1S/C18H20N4O3S/c1-18(25)5-2-11(3-6-18)22-12-4-7-20-17(24)14(12)15(21-22)10-8-13(16(19)23)26-9-10/h4,7-9,11,25H,2-3,5-6H2,1H3,(H2,19,23)(H,20,24)/t11-,18+. The van der Waals surface area contributed by atoms with Gasteiger partial charge in [0.25, 0.3) is 11.5 Å². The van der Waals surface area contributed by atoms with Gasteiger partial charge in [-0.05, 0) is 44.7 Å². The number of aliphatic hydroxyl groups is 1. The molecule has 0 bridgehead atoms. The Bertz CT molecular complexity index is 1040. The van der Waals surface area contributed by atoms with Crippen molar-refractivity contribution in [1.29, 1.82) is 0 Å². The van der Waals surface area contributed by atoms with E-state index in [1.807, 2.05) is 17.7 Å². The summed E-state index contributed by atoms with van der Waals surface area (Å²) in [5, 5.41) is 17.3. The Labute approximate surface area is 153 Å². The van der Waals surface area contributed by atoms with Crippen LogP contribution in [0.3, 0.4) is 0 Å². The van der Waals surface area contributed by atoms with E-state index in [2.05, 4.69) is 4.98 Å². The highest BCUT2D eigenvalue weighted by Crippen LogP contribution is 2.37. The Morgan fingerprint density at radius 3 is 2.85 bits per heavy atom. The minimum atomic E-state index is -0.635. The molecule has 1 fully saturated rings. The molecule has 8 heteroatoms. The summed E-state index contributed by atoms with van der Waals surface area (Å²) in [5.74, 6) is -0.492. The molecule has 0 aliphatic heterocycles. The average Bonchev–Trinajstić information content (AvgIpc) is 3.20. The minimum absolute atomic E-state index is 0.127. The maximum atomic E-state index is 12.5. The van der Waals surface area contributed by atoms with Crippen molar-refractivity contribution in [2.75, 3.05) is 0 Å². The Morgan fingerprint density at radius 1 is 1.46 bits per heavy atom. The van der Waals surface area contributed by atoms with Gasteiger partial charge in [-0.2, -0.15) is 5.10 Å². The van der Waals surface area contributed by atoms with Crippen molar-refractivity contribution in [3.63, 3.8) is 0 Å². The molecule has 26 heavy (non-hydrogen) atoms. The van der Waals surface area contributed by atoms with Gasteiger partial charge in [-0.25, -0.2) is 0 Å². The van der Waals surface area contributed by atoms with Crippen LogP contribution in [0.2, 0.25) is 0 Å². The van der Waals surface area contributed by atoms with Crippen LogP contribution in [0.5, 0.6) is 0 Å². The van der Waals surface area contributed by atoms with Gasteiger partial charge in [-0.3, -0.25) is 14.3 Å². The molecule has 0 unspecified atom stereocenters. The Hall–Kier alpha value is -2.45. The molecular weight excluding hydrogens is 352 g/mol. The van der Waals surface area contributed by atoms with E-state index in [-0.39, 0.29) is 11.6 Å². The van der Waals surface area contributed by atoms with Crippen LogP contribution >= 0.6 is 11.3 Å². The third kappa shape index (κ3) is 2.85. The van der Waals surface area contributed by atoms with Crippen LogP contribution in [0.1, 0.15) is 48.3 Å². The van der Waals surface area contributed by atoms with Crippen LogP contribution in [0.15, 0.2) is 28.5 Å². The highest BCUT2D eigenvalue weighted by Gasteiger charge is 2.31. The van der Waals surface area contributed by atoms with Crippen molar-refractivity contribution < 1.29 is 9.90 Å². The third-order valence-electron chi connectivity index (χ3n) is 5.12. The number of primary amides is 1. The van der Waals surface area contributed by atoms with Crippen molar-refractivity contribution in [3.05, 3.63) is 38.9 Å². The van der Waals surface area contributed by atoms with E-state index in [1.165, 1.54) is 11.3 Å². The maximum absolute atomic E-state index is 12.5. The zero-order valence-electron chi connectivity index (χ0n) is 14.4. The second-order valence-electron chi connectivity index (χ2n) is 7.15. The number of nitrogens with zero attached hydrogens (tertiary/aromatic N) is 2. The predicted octanol–water partition coefficient (Wildman–Crippen LogP) is 2.42. The van der Waals surface area contributed by atoms with E-state index < -0.39 is 11.5 Å². The first-order valence-corrected chi connectivity index (χ1v) is 9.45. The second-order valence-corrected chi connectivity index (χ2v) is 8.06. The number of carbonyl (C=O) groups excluding carboxylic acids is 1. The lowest BCUT2D eigenvalue weighted by molar-refractivity contribution is 0.00907. The van der Waals surface area contributed by atoms with Gasteiger partial charge < -0.3 is 15.8 Å². The topological polar surface area (TPSA) is 114 Å². The first-order valence-electron chi connectivity index (χ1n) is 8.57. The van der Waals surface area contributed by atoms with Gasteiger partial charge in [0.1, 0.15) is 5.69 Å². The zero-order valence-corrected chi connectivity index (χ0v) is 15.2. The number of amides is 1. The van der Waals surface area contributed by atoms with Gasteiger partial charge in [-0.15, -0.1) is 11.3 Å². The van der Waals surface area contributed by atoms with E-state index in [0.717, 1.165) is 18.4 Å². The number of carbonyl (C=O) groups is 1. The van der Waals surface area contributed by atoms with Crippen LogP contribution in [0.25, 0.3) is 22.2 Å². The summed E-state index contributed by atoms with van der Waals surface area (Å²) in [6.07, 6.45) is 4.61. The molecule has 136 valence electrons. The molecule has 0 radical (unpaired) electrons. The molecule has 1 saturated carbocycles. The smallest absolute Gasteiger partial charge is 0.259 e. The maximum Gasteiger partial charge on any atom is 0.259 e. The van der Waals surface area contributed by atoms with Crippen LogP contribution < -0.4 is 11.3 Å². The van der Waals surface area contributed by atoms with Crippen molar-refractivity contribution in [2.24, 2.45) is 5.73 Å². The summed E-state index contributed by atoms with van der Waals surface area (Å²) < 4.78 is 1.90. The lowest BCUT2D eigenvalue weighted by Crippen LogP contribution is -2.31. The molecule has 3 heterocycles. The number of aromatic nitrogens is 3. The quantitative estimate of drug-likeness (QED) is 0.655. The minimum Gasteiger partial charge on any atom is -0.390 e. The molecule has 0 atom stereocenters. The number of nitrogens with one attached hydrogen (secondary N) is 1. The fourth-order valence-electron chi connectivity index (χ4n) is 3.64. The van der Waals surface area contributed by atoms with E-state index in [0.29, 0.717) is 34.4 Å². The van der Waals surface area contributed by atoms with Gasteiger partial charge in [0, 0.05) is 17.1 Å². The lowest BCUT2D eigenvalue weighted by atomic mass is 9.84. The summed E-state index contributed by atoms with van der Waals surface area (Å²) in [5.41, 5.74) is 6.54. The molecule has 7 nitrogen and oxygen atoms in total. The largest absolute Gasteiger partial charge is 0.390 e. The van der Waals surface area contributed by atoms with Gasteiger partial charge >= 0.3 is 0 Å². The van der Waals surface area contributed by atoms with E-state index in [1.54, 1.807) is 17.6 Å². The van der Waals surface area contributed by atoms with Crippen LogP contribution in [-0.4, -0.2) is 31.4 Å². The number of fused-ring (bicyclic) bond motifs is 1. The SMILES string of the molecule is C[C@]1(O)CC[C@@H](n2nc(-c3csc(C(N)=O)c3)c3c(=O)[nH]ccc32)CC1.